The smallest absolute Gasteiger partial charge is 0.319 e. The van der Waals surface area contributed by atoms with Gasteiger partial charge in [-0.05, 0) is 55.9 Å². The van der Waals surface area contributed by atoms with Gasteiger partial charge >= 0.3 is 6.03 Å². The van der Waals surface area contributed by atoms with E-state index in [9.17, 15) is 4.79 Å². The Kier molecular flexibility index (Phi) is 5.44. The molecule has 2 atom stereocenters. The Morgan fingerprint density at radius 1 is 1.04 bits per heavy atom. The highest BCUT2D eigenvalue weighted by Crippen LogP contribution is 2.35. The Hall–Kier alpha value is -2.33. The summed E-state index contributed by atoms with van der Waals surface area (Å²) in [5.74, 6) is 0. The molecule has 2 saturated heterocycles. The van der Waals surface area contributed by atoms with E-state index in [1.807, 2.05) is 31.2 Å². The summed E-state index contributed by atoms with van der Waals surface area (Å²) in [4.78, 5) is 15.1. The highest BCUT2D eigenvalue weighted by Gasteiger charge is 2.38. The molecule has 2 amide bonds. The molecule has 2 heterocycles. The second kappa shape index (κ2) is 8.13. The van der Waals surface area contributed by atoms with Gasteiger partial charge in [0.05, 0.1) is 0 Å². The minimum Gasteiger partial charge on any atom is -0.335 e. The maximum Gasteiger partial charge on any atom is 0.319 e. The molecule has 0 aromatic heterocycles. The van der Waals surface area contributed by atoms with Gasteiger partial charge in [-0.15, -0.1) is 0 Å². The summed E-state index contributed by atoms with van der Waals surface area (Å²) >= 11 is 0. The van der Waals surface area contributed by atoms with E-state index < -0.39 is 0 Å². The van der Waals surface area contributed by atoms with Crippen LogP contribution in [0.5, 0.6) is 0 Å². The predicted molar refractivity (Wildman–Crippen MR) is 110 cm³/mol. The molecule has 2 aromatic carbocycles. The SMILES string of the molecule is Cc1cccc(NC(=O)NC2C[C@H]3CCC[C@H](C2)N3Cc2ccccc2)c1. The number of anilines is 1. The van der Waals surface area contributed by atoms with Crippen molar-refractivity contribution in [3.8, 4) is 0 Å². The zero-order chi connectivity index (χ0) is 18.6. The molecular weight excluding hydrogens is 334 g/mol. The van der Waals surface area contributed by atoms with E-state index in [1.54, 1.807) is 0 Å². The van der Waals surface area contributed by atoms with Crippen molar-refractivity contribution in [3.05, 3.63) is 65.7 Å². The number of piperidine rings is 2. The Bertz CT molecular complexity index is 762. The number of hydrogen-bond acceptors (Lipinski definition) is 2. The topological polar surface area (TPSA) is 44.4 Å². The van der Waals surface area contributed by atoms with Gasteiger partial charge in [0, 0.05) is 30.4 Å². The molecule has 2 N–H and O–H groups in total. The number of hydrogen-bond donors (Lipinski definition) is 2. The Labute approximate surface area is 162 Å². The molecule has 0 spiro atoms. The molecule has 0 radical (unpaired) electrons. The van der Waals surface area contributed by atoms with E-state index >= 15 is 0 Å². The molecule has 0 unspecified atom stereocenters. The summed E-state index contributed by atoms with van der Waals surface area (Å²) < 4.78 is 0. The lowest BCUT2D eigenvalue weighted by Gasteiger charge is -2.49. The molecule has 2 bridgehead atoms. The van der Waals surface area contributed by atoms with E-state index in [-0.39, 0.29) is 12.1 Å². The largest absolute Gasteiger partial charge is 0.335 e. The van der Waals surface area contributed by atoms with Crippen LogP contribution >= 0.6 is 0 Å². The minimum absolute atomic E-state index is 0.0832. The van der Waals surface area contributed by atoms with Crippen molar-refractivity contribution in [1.29, 1.82) is 0 Å². The Morgan fingerprint density at radius 3 is 2.48 bits per heavy atom. The number of rotatable bonds is 4. The molecule has 4 heteroatoms. The molecule has 4 rings (SSSR count). The molecule has 27 heavy (non-hydrogen) atoms. The summed E-state index contributed by atoms with van der Waals surface area (Å²) in [6, 6.07) is 20.0. The van der Waals surface area contributed by atoms with Crippen LogP contribution in [0.2, 0.25) is 0 Å². The lowest BCUT2D eigenvalue weighted by molar-refractivity contribution is 0.0200. The van der Waals surface area contributed by atoms with Crippen molar-refractivity contribution < 1.29 is 4.79 Å². The monoisotopic (exact) mass is 363 g/mol. The average molecular weight is 364 g/mol. The van der Waals surface area contributed by atoms with Crippen LogP contribution in [0.25, 0.3) is 0 Å². The molecule has 2 aliphatic heterocycles. The molecule has 4 nitrogen and oxygen atoms in total. The van der Waals surface area contributed by atoms with Crippen molar-refractivity contribution >= 4 is 11.7 Å². The summed E-state index contributed by atoms with van der Waals surface area (Å²) in [5, 5.41) is 6.21. The van der Waals surface area contributed by atoms with Gasteiger partial charge < -0.3 is 10.6 Å². The van der Waals surface area contributed by atoms with Crippen LogP contribution in [0, 0.1) is 6.92 Å². The third kappa shape index (κ3) is 4.51. The summed E-state index contributed by atoms with van der Waals surface area (Å²) in [5.41, 5.74) is 3.39. The number of urea groups is 1. The van der Waals surface area contributed by atoms with Gasteiger partial charge in [-0.2, -0.15) is 0 Å². The summed E-state index contributed by atoms with van der Waals surface area (Å²) in [6.45, 7) is 3.06. The summed E-state index contributed by atoms with van der Waals surface area (Å²) in [7, 11) is 0. The normalized spacial score (nSPS) is 25.0. The van der Waals surface area contributed by atoms with Crippen LogP contribution in [0.4, 0.5) is 10.5 Å². The fraction of sp³-hybridized carbons (Fsp3) is 0.435. The average Bonchev–Trinajstić information content (AvgIpc) is 2.63. The van der Waals surface area contributed by atoms with Gasteiger partial charge in [-0.25, -0.2) is 4.79 Å². The molecule has 0 aliphatic carbocycles. The van der Waals surface area contributed by atoms with Crippen LogP contribution in [-0.4, -0.2) is 29.1 Å². The molecule has 2 aliphatic rings. The number of aryl methyl sites for hydroxylation is 1. The Morgan fingerprint density at radius 2 is 1.78 bits per heavy atom. The second-order valence-electron chi connectivity index (χ2n) is 8.03. The van der Waals surface area contributed by atoms with E-state index in [0.717, 1.165) is 30.6 Å². The maximum absolute atomic E-state index is 12.4. The van der Waals surface area contributed by atoms with E-state index in [2.05, 4.69) is 45.9 Å². The third-order valence-corrected chi connectivity index (χ3v) is 5.95. The quantitative estimate of drug-likeness (QED) is 0.827. The first-order chi connectivity index (χ1) is 13.2. The number of carbonyl (C=O) groups is 1. The zero-order valence-electron chi connectivity index (χ0n) is 16.0. The van der Waals surface area contributed by atoms with Crippen molar-refractivity contribution in [2.45, 2.75) is 63.7 Å². The van der Waals surface area contributed by atoms with Crippen molar-refractivity contribution in [2.75, 3.05) is 5.32 Å². The van der Waals surface area contributed by atoms with E-state index in [0.29, 0.717) is 12.1 Å². The van der Waals surface area contributed by atoms with Crippen molar-refractivity contribution in [2.24, 2.45) is 0 Å². The van der Waals surface area contributed by atoms with Gasteiger partial charge in [0.15, 0.2) is 0 Å². The number of amides is 2. The highest BCUT2D eigenvalue weighted by atomic mass is 16.2. The van der Waals surface area contributed by atoms with Crippen LogP contribution in [0.1, 0.15) is 43.2 Å². The van der Waals surface area contributed by atoms with Crippen LogP contribution < -0.4 is 10.6 Å². The molecule has 142 valence electrons. The third-order valence-electron chi connectivity index (χ3n) is 5.95. The molecule has 2 aromatic rings. The van der Waals surface area contributed by atoms with Crippen LogP contribution in [-0.2, 0) is 6.54 Å². The van der Waals surface area contributed by atoms with Gasteiger partial charge in [-0.3, -0.25) is 4.90 Å². The number of nitrogens with zero attached hydrogens (tertiary/aromatic N) is 1. The predicted octanol–water partition coefficient (Wildman–Crippen LogP) is 4.70. The zero-order valence-corrected chi connectivity index (χ0v) is 16.0. The van der Waals surface area contributed by atoms with Crippen LogP contribution in [0.3, 0.4) is 0 Å². The number of benzene rings is 2. The molecule has 0 saturated carbocycles. The van der Waals surface area contributed by atoms with Gasteiger partial charge in [0.25, 0.3) is 0 Å². The standard InChI is InChI=1S/C23H29N3O/c1-17-7-5-10-19(13-17)24-23(27)25-20-14-21-11-6-12-22(15-20)26(21)16-18-8-3-2-4-9-18/h2-5,7-10,13,20-22H,6,11-12,14-16H2,1H3,(H2,24,25,27)/t21-,22-/m1/s1. The first-order valence-corrected chi connectivity index (χ1v) is 10.1. The van der Waals surface area contributed by atoms with Crippen molar-refractivity contribution in [3.63, 3.8) is 0 Å². The minimum atomic E-state index is -0.0832. The van der Waals surface area contributed by atoms with Gasteiger partial charge in [-0.1, -0.05) is 48.9 Å². The van der Waals surface area contributed by atoms with E-state index in [1.165, 1.54) is 24.8 Å². The second-order valence-corrected chi connectivity index (χ2v) is 8.03. The lowest BCUT2D eigenvalue weighted by atomic mass is 9.81. The number of carbonyl (C=O) groups excluding carboxylic acids is 1. The molecule has 2 fully saturated rings. The fourth-order valence-electron chi connectivity index (χ4n) is 4.72. The lowest BCUT2D eigenvalue weighted by Crippen LogP contribution is -2.56. The molecular formula is C23H29N3O. The first kappa shape index (κ1) is 18.1. The van der Waals surface area contributed by atoms with Crippen molar-refractivity contribution in [1.82, 2.24) is 10.2 Å². The Balaban J connectivity index is 1.36. The summed E-state index contributed by atoms with van der Waals surface area (Å²) in [6.07, 6.45) is 5.87. The fourth-order valence-corrected chi connectivity index (χ4v) is 4.72. The maximum atomic E-state index is 12.4. The van der Waals surface area contributed by atoms with Crippen LogP contribution in [0.15, 0.2) is 54.6 Å². The van der Waals surface area contributed by atoms with Gasteiger partial charge in [0.1, 0.15) is 0 Å². The number of fused-ring (bicyclic) bond motifs is 2. The van der Waals surface area contributed by atoms with E-state index in [4.69, 9.17) is 0 Å². The highest BCUT2D eigenvalue weighted by molar-refractivity contribution is 5.89. The first-order valence-electron chi connectivity index (χ1n) is 10.1. The van der Waals surface area contributed by atoms with Gasteiger partial charge in [0.2, 0.25) is 0 Å². The number of nitrogens with one attached hydrogen (secondary N) is 2.